The minimum Gasteiger partial charge on any atom is -0.368 e. The van der Waals surface area contributed by atoms with E-state index in [1.807, 2.05) is 5.32 Å². The second kappa shape index (κ2) is 8.73. The second-order valence-corrected chi connectivity index (χ2v) is 6.94. The first-order valence-corrected chi connectivity index (χ1v) is 8.78. The lowest BCUT2D eigenvalue weighted by Crippen LogP contribution is -2.46. The predicted molar refractivity (Wildman–Crippen MR) is 97.1 cm³/mol. The largest absolute Gasteiger partial charge is 0.416 e. The van der Waals surface area contributed by atoms with Gasteiger partial charge in [-0.1, -0.05) is 29.3 Å². The van der Waals surface area contributed by atoms with Crippen molar-refractivity contribution in [1.82, 2.24) is 5.32 Å². The van der Waals surface area contributed by atoms with Crippen LogP contribution < -0.4 is 11.1 Å². The third-order valence-corrected chi connectivity index (χ3v) is 4.68. The fourth-order valence-electron chi connectivity index (χ4n) is 2.48. The van der Waals surface area contributed by atoms with Crippen LogP contribution in [0.15, 0.2) is 36.4 Å². The van der Waals surface area contributed by atoms with Crippen molar-refractivity contribution in [2.45, 2.75) is 24.8 Å². The summed E-state index contributed by atoms with van der Waals surface area (Å²) in [5.74, 6) is -2.46. The highest BCUT2D eigenvalue weighted by Gasteiger charge is 2.37. The Kier molecular flexibility index (Phi) is 6.93. The number of halogens is 8. The van der Waals surface area contributed by atoms with Gasteiger partial charge in [-0.2, -0.15) is 26.3 Å². The lowest BCUT2D eigenvalue weighted by Gasteiger charge is -2.18. The van der Waals surface area contributed by atoms with Crippen LogP contribution in [0.25, 0.3) is 0 Å². The van der Waals surface area contributed by atoms with Crippen molar-refractivity contribution in [3.63, 3.8) is 0 Å². The smallest absolute Gasteiger partial charge is 0.368 e. The summed E-state index contributed by atoms with van der Waals surface area (Å²) in [4.78, 5) is 24.1. The molecule has 3 N–H and O–H groups in total. The molecule has 0 aliphatic carbocycles. The molecule has 1 atom stereocenters. The zero-order valence-corrected chi connectivity index (χ0v) is 16.2. The van der Waals surface area contributed by atoms with E-state index >= 15 is 0 Å². The molecule has 0 spiro atoms. The highest BCUT2D eigenvalue weighted by atomic mass is 35.5. The SMILES string of the molecule is NC(=O)[C@H](Cc1c(Cl)cccc1Cl)NC(=O)c1cc(C(F)(F)F)cc(C(F)(F)F)c1. The maximum atomic E-state index is 13.0. The Morgan fingerprint density at radius 1 is 0.933 bits per heavy atom. The molecule has 0 unspecified atom stereocenters. The van der Waals surface area contributed by atoms with Crippen LogP contribution >= 0.6 is 23.2 Å². The van der Waals surface area contributed by atoms with Crippen LogP contribution in [-0.4, -0.2) is 17.9 Å². The van der Waals surface area contributed by atoms with Gasteiger partial charge in [-0.25, -0.2) is 0 Å². The maximum Gasteiger partial charge on any atom is 0.416 e. The lowest BCUT2D eigenvalue weighted by atomic mass is 10.0. The Morgan fingerprint density at radius 3 is 1.80 bits per heavy atom. The van der Waals surface area contributed by atoms with Crippen molar-refractivity contribution >= 4 is 35.0 Å². The van der Waals surface area contributed by atoms with E-state index in [1.54, 1.807) is 0 Å². The van der Waals surface area contributed by atoms with E-state index in [0.717, 1.165) is 0 Å². The molecule has 0 heterocycles. The Hall–Kier alpha value is -2.46. The Labute approximate surface area is 175 Å². The van der Waals surface area contributed by atoms with Gasteiger partial charge in [-0.3, -0.25) is 9.59 Å². The summed E-state index contributed by atoms with van der Waals surface area (Å²) >= 11 is 11.9. The fourth-order valence-corrected chi connectivity index (χ4v) is 3.03. The Bertz CT molecular complexity index is 924. The van der Waals surface area contributed by atoms with E-state index in [-0.39, 0.29) is 40.2 Å². The number of hydrogen-bond acceptors (Lipinski definition) is 2. The van der Waals surface area contributed by atoms with Gasteiger partial charge in [-0.05, 0) is 35.9 Å². The molecule has 162 valence electrons. The summed E-state index contributed by atoms with van der Waals surface area (Å²) in [5.41, 5.74) is 1.12. The van der Waals surface area contributed by atoms with E-state index in [4.69, 9.17) is 28.9 Å². The summed E-state index contributed by atoms with van der Waals surface area (Å²) < 4.78 is 77.8. The minimum atomic E-state index is -5.13. The third-order valence-electron chi connectivity index (χ3n) is 3.97. The van der Waals surface area contributed by atoms with Crippen LogP contribution in [-0.2, 0) is 23.6 Å². The van der Waals surface area contributed by atoms with Gasteiger partial charge in [-0.15, -0.1) is 0 Å². The van der Waals surface area contributed by atoms with Gasteiger partial charge >= 0.3 is 12.4 Å². The molecule has 2 aromatic carbocycles. The molecule has 0 saturated carbocycles. The number of carbonyl (C=O) groups excluding carboxylic acids is 2. The first-order valence-electron chi connectivity index (χ1n) is 8.02. The van der Waals surface area contributed by atoms with E-state index in [9.17, 15) is 35.9 Å². The first-order chi connectivity index (χ1) is 13.7. The number of carbonyl (C=O) groups is 2. The molecule has 2 aromatic rings. The van der Waals surface area contributed by atoms with Crippen LogP contribution in [0.4, 0.5) is 26.3 Å². The molecule has 0 aliphatic heterocycles. The minimum absolute atomic E-state index is 0.119. The molecular weight excluding hydrogens is 461 g/mol. The van der Waals surface area contributed by atoms with Crippen LogP contribution in [0.1, 0.15) is 27.0 Å². The Morgan fingerprint density at radius 2 is 1.40 bits per heavy atom. The zero-order chi connectivity index (χ0) is 22.9. The van der Waals surface area contributed by atoms with Gasteiger partial charge in [0.1, 0.15) is 6.04 Å². The lowest BCUT2D eigenvalue weighted by molar-refractivity contribution is -0.143. The van der Waals surface area contributed by atoms with Gasteiger partial charge in [0.2, 0.25) is 5.91 Å². The molecule has 0 aromatic heterocycles. The standard InChI is InChI=1S/C18H12Cl2F6N2O2/c19-12-2-1-3-13(20)11(12)7-14(15(27)29)28-16(30)8-4-9(17(21,22)23)6-10(5-8)18(24,25)26/h1-6,14H,7H2,(H2,27,29)(H,28,30)/t14-/m0/s1. The highest BCUT2D eigenvalue weighted by molar-refractivity contribution is 6.36. The highest BCUT2D eigenvalue weighted by Crippen LogP contribution is 2.36. The van der Waals surface area contributed by atoms with Crippen LogP contribution in [0.5, 0.6) is 0 Å². The van der Waals surface area contributed by atoms with E-state index in [2.05, 4.69) is 0 Å². The van der Waals surface area contributed by atoms with Gasteiger partial charge in [0.05, 0.1) is 11.1 Å². The summed E-state index contributed by atoms with van der Waals surface area (Å²) in [7, 11) is 0. The quantitative estimate of drug-likeness (QED) is 0.610. The molecule has 12 heteroatoms. The van der Waals surface area contributed by atoms with Crippen molar-refractivity contribution in [2.75, 3.05) is 0 Å². The van der Waals surface area contributed by atoms with Gasteiger partial charge < -0.3 is 11.1 Å². The number of hydrogen-bond donors (Lipinski definition) is 2. The third kappa shape index (κ3) is 5.79. The number of primary amides is 1. The van der Waals surface area contributed by atoms with E-state index in [0.29, 0.717) is 0 Å². The molecule has 2 rings (SSSR count). The molecule has 0 radical (unpaired) electrons. The molecule has 30 heavy (non-hydrogen) atoms. The van der Waals surface area contributed by atoms with Crippen molar-refractivity contribution < 1.29 is 35.9 Å². The fraction of sp³-hybridized carbons (Fsp3) is 0.222. The number of amides is 2. The zero-order valence-electron chi connectivity index (χ0n) is 14.7. The van der Waals surface area contributed by atoms with E-state index in [1.165, 1.54) is 18.2 Å². The first kappa shape index (κ1) is 23.8. The monoisotopic (exact) mass is 472 g/mol. The van der Waals surface area contributed by atoms with Crippen molar-refractivity contribution in [1.29, 1.82) is 0 Å². The molecule has 0 aliphatic rings. The second-order valence-electron chi connectivity index (χ2n) is 6.13. The molecule has 4 nitrogen and oxygen atoms in total. The summed E-state index contributed by atoms with van der Waals surface area (Å²) in [5, 5.41) is 2.28. The van der Waals surface area contributed by atoms with Crippen LogP contribution in [0.3, 0.4) is 0 Å². The normalized spacial score (nSPS) is 13.1. The number of rotatable bonds is 5. The summed E-state index contributed by atoms with van der Waals surface area (Å²) in [6.07, 6.45) is -10.6. The average molecular weight is 473 g/mol. The number of nitrogens with one attached hydrogen (secondary N) is 1. The Balaban J connectivity index is 2.39. The van der Waals surface area contributed by atoms with Crippen LogP contribution in [0, 0.1) is 0 Å². The summed E-state index contributed by atoms with van der Waals surface area (Å²) in [6.45, 7) is 0. The molecule has 2 amide bonds. The predicted octanol–water partition coefficient (Wildman–Crippen LogP) is 4.86. The van der Waals surface area contributed by atoms with Crippen LogP contribution in [0.2, 0.25) is 10.0 Å². The number of benzene rings is 2. The van der Waals surface area contributed by atoms with Gasteiger partial charge in [0.15, 0.2) is 0 Å². The molecule has 0 bridgehead atoms. The summed E-state index contributed by atoms with van der Waals surface area (Å²) in [6, 6.07) is 3.24. The maximum absolute atomic E-state index is 13.0. The van der Waals surface area contributed by atoms with Gasteiger partial charge in [0, 0.05) is 22.0 Å². The van der Waals surface area contributed by atoms with E-state index < -0.39 is 46.9 Å². The number of alkyl halides is 6. The molecule has 0 saturated heterocycles. The average Bonchev–Trinajstić information content (AvgIpc) is 2.61. The topological polar surface area (TPSA) is 72.2 Å². The van der Waals surface area contributed by atoms with Crippen molar-refractivity contribution in [2.24, 2.45) is 5.73 Å². The molecular formula is C18H12Cl2F6N2O2. The van der Waals surface area contributed by atoms with Gasteiger partial charge in [0.25, 0.3) is 5.91 Å². The molecule has 0 fully saturated rings. The van der Waals surface area contributed by atoms with Crippen molar-refractivity contribution in [3.8, 4) is 0 Å². The van der Waals surface area contributed by atoms with Crippen molar-refractivity contribution in [3.05, 3.63) is 68.7 Å². The number of nitrogens with two attached hydrogens (primary N) is 1.